The Morgan fingerprint density at radius 3 is 2.89 bits per heavy atom. The van der Waals surface area contributed by atoms with E-state index in [2.05, 4.69) is 46.6 Å². The van der Waals surface area contributed by atoms with Crippen LogP contribution in [-0.2, 0) is 17.8 Å². The predicted molar refractivity (Wildman–Crippen MR) is 106 cm³/mol. The van der Waals surface area contributed by atoms with Gasteiger partial charge in [0.2, 0.25) is 0 Å². The van der Waals surface area contributed by atoms with E-state index < -0.39 is 0 Å². The summed E-state index contributed by atoms with van der Waals surface area (Å²) in [6.45, 7) is 5.16. The van der Waals surface area contributed by atoms with Gasteiger partial charge in [-0.05, 0) is 17.7 Å². The summed E-state index contributed by atoms with van der Waals surface area (Å²) in [5.41, 5.74) is 2.15. The number of nitrogens with one attached hydrogen (secondary N) is 1. The summed E-state index contributed by atoms with van der Waals surface area (Å²) in [5.74, 6) is 1.68. The van der Waals surface area contributed by atoms with Gasteiger partial charge in [0.25, 0.3) is 0 Å². The van der Waals surface area contributed by atoms with Gasteiger partial charge in [0.1, 0.15) is 5.76 Å². The Labute approximate surface area is 159 Å². The number of nitrogens with zero attached hydrogens (tertiary/aromatic N) is 1. The number of hydrogen-bond donors (Lipinski definition) is 1. The van der Waals surface area contributed by atoms with Crippen LogP contribution in [0.1, 0.15) is 11.3 Å². The van der Waals surface area contributed by atoms with E-state index in [-0.39, 0.29) is 6.10 Å². The third-order valence-corrected chi connectivity index (χ3v) is 4.92. The average Bonchev–Trinajstić information content (AvgIpc) is 3.12. The van der Waals surface area contributed by atoms with Gasteiger partial charge >= 0.3 is 0 Å². The van der Waals surface area contributed by atoms with Crippen LogP contribution in [0.15, 0.2) is 59.0 Å². The van der Waals surface area contributed by atoms with Gasteiger partial charge in [0.05, 0.1) is 26.4 Å². The van der Waals surface area contributed by atoms with Crippen LogP contribution < -0.4 is 10.1 Å². The van der Waals surface area contributed by atoms with Crippen molar-refractivity contribution in [2.24, 2.45) is 0 Å². The fraction of sp³-hybridized carbons (Fsp3) is 0.364. The maximum Gasteiger partial charge on any atom is 0.176 e. The molecule has 0 amide bonds. The van der Waals surface area contributed by atoms with Gasteiger partial charge in [-0.25, -0.2) is 0 Å². The second-order valence-electron chi connectivity index (χ2n) is 6.94. The third kappa shape index (κ3) is 4.50. The first-order valence-corrected chi connectivity index (χ1v) is 9.46. The molecule has 1 fully saturated rings. The van der Waals surface area contributed by atoms with E-state index in [1.165, 1.54) is 5.56 Å². The zero-order valence-corrected chi connectivity index (χ0v) is 15.7. The highest BCUT2D eigenvalue weighted by Crippen LogP contribution is 2.28. The van der Waals surface area contributed by atoms with Crippen LogP contribution in [0.4, 0.5) is 0 Å². The van der Waals surface area contributed by atoms with Crippen molar-refractivity contribution in [3.05, 3.63) is 65.9 Å². The molecular weight excluding hydrogens is 340 g/mol. The summed E-state index contributed by atoms with van der Waals surface area (Å²) in [6.07, 6.45) is 0.196. The van der Waals surface area contributed by atoms with Crippen LogP contribution in [0.25, 0.3) is 11.0 Å². The zero-order valence-electron chi connectivity index (χ0n) is 15.7. The summed E-state index contributed by atoms with van der Waals surface area (Å²) in [5, 5.41) is 4.53. The Morgan fingerprint density at radius 2 is 2.04 bits per heavy atom. The number of ether oxygens (including phenoxy) is 2. The highest BCUT2D eigenvalue weighted by Gasteiger charge is 2.20. The molecule has 1 saturated heterocycles. The smallest absolute Gasteiger partial charge is 0.176 e. The number of rotatable bonds is 7. The number of hydrogen-bond acceptors (Lipinski definition) is 5. The van der Waals surface area contributed by atoms with Crippen molar-refractivity contribution < 1.29 is 13.9 Å². The van der Waals surface area contributed by atoms with Crippen molar-refractivity contribution in [1.29, 1.82) is 0 Å². The SMILES string of the molecule is COc1cccc2cc(CNC[C@@H]3CN(Cc4ccccc4)CCO3)oc12. The summed E-state index contributed by atoms with van der Waals surface area (Å²) in [7, 11) is 1.66. The van der Waals surface area contributed by atoms with Gasteiger partial charge < -0.3 is 19.2 Å². The van der Waals surface area contributed by atoms with Gasteiger partial charge in [0, 0.05) is 31.6 Å². The predicted octanol–water partition coefficient (Wildman–Crippen LogP) is 3.43. The molecule has 3 aromatic rings. The topological polar surface area (TPSA) is 46.9 Å². The molecule has 4 rings (SSSR count). The molecule has 1 aromatic heterocycles. The Morgan fingerprint density at radius 1 is 1.15 bits per heavy atom. The number of morpholine rings is 1. The molecule has 5 heteroatoms. The van der Waals surface area contributed by atoms with Crippen LogP contribution in [0.3, 0.4) is 0 Å². The van der Waals surface area contributed by atoms with Crippen LogP contribution >= 0.6 is 0 Å². The molecule has 1 atom stereocenters. The number of para-hydroxylation sites is 1. The minimum absolute atomic E-state index is 0.196. The van der Waals surface area contributed by atoms with E-state index >= 15 is 0 Å². The summed E-state index contributed by atoms with van der Waals surface area (Å²) in [6, 6.07) is 18.6. The Kier molecular flexibility index (Phi) is 5.72. The molecular formula is C22H26N2O3. The van der Waals surface area contributed by atoms with Crippen molar-refractivity contribution in [3.63, 3.8) is 0 Å². The lowest BCUT2D eigenvalue weighted by molar-refractivity contribution is -0.0301. The van der Waals surface area contributed by atoms with E-state index in [0.717, 1.165) is 55.3 Å². The molecule has 2 heterocycles. The third-order valence-electron chi connectivity index (χ3n) is 4.92. The van der Waals surface area contributed by atoms with Crippen molar-refractivity contribution >= 4 is 11.0 Å². The monoisotopic (exact) mass is 366 g/mol. The number of furan rings is 1. The lowest BCUT2D eigenvalue weighted by atomic mass is 10.2. The molecule has 0 bridgehead atoms. The van der Waals surface area contributed by atoms with E-state index in [9.17, 15) is 0 Å². The zero-order chi connectivity index (χ0) is 18.5. The first kappa shape index (κ1) is 18.0. The van der Waals surface area contributed by atoms with Crippen molar-refractivity contribution in [2.75, 3.05) is 33.4 Å². The number of benzene rings is 2. The summed E-state index contributed by atoms with van der Waals surface area (Å²) in [4.78, 5) is 2.46. The van der Waals surface area contributed by atoms with Crippen molar-refractivity contribution in [2.45, 2.75) is 19.2 Å². The molecule has 1 aliphatic heterocycles. The van der Waals surface area contributed by atoms with Gasteiger partial charge in [-0.2, -0.15) is 0 Å². The molecule has 0 radical (unpaired) electrons. The maximum absolute atomic E-state index is 5.94. The minimum atomic E-state index is 0.196. The fourth-order valence-corrected chi connectivity index (χ4v) is 3.58. The molecule has 2 aromatic carbocycles. The quantitative estimate of drug-likeness (QED) is 0.694. The largest absolute Gasteiger partial charge is 0.493 e. The molecule has 0 spiro atoms. The van der Waals surface area contributed by atoms with Gasteiger partial charge in [0.15, 0.2) is 11.3 Å². The van der Waals surface area contributed by atoms with Crippen LogP contribution in [0, 0.1) is 0 Å². The minimum Gasteiger partial charge on any atom is -0.493 e. The van der Waals surface area contributed by atoms with Gasteiger partial charge in [-0.15, -0.1) is 0 Å². The van der Waals surface area contributed by atoms with E-state index in [1.54, 1.807) is 7.11 Å². The Balaban J connectivity index is 1.28. The normalized spacial score (nSPS) is 18.0. The molecule has 27 heavy (non-hydrogen) atoms. The fourth-order valence-electron chi connectivity index (χ4n) is 3.58. The average molecular weight is 366 g/mol. The van der Waals surface area contributed by atoms with E-state index in [0.29, 0.717) is 6.54 Å². The number of methoxy groups -OCH3 is 1. The van der Waals surface area contributed by atoms with Crippen LogP contribution in [-0.4, -0.2) is 44.4 Å². The van der Waals surface area contributed by atoms with Gasteiger partial charge in [-0.3, -0.25) is 4.90 Å². The summed E-state index contributed by atoms with van der Waals surface area (Å²) >= 11 is 0. The molecule has 0 saturated carbocycles. The molecule has 0 aliphatic carbocycles. The maximum atomic E-state index is 5.94. The summed E-state index contributed by atoms with van der Waals surface area (Å²) < 4.78 is 17.2. The van der Waals surface area contributed by atoms with Crippen molar-refractivity contribution in [3.8, 4) is 5.75 Å². The Bertz CT molecular complexity index is 862. The van der Waals surface area contributed by atoms with E-state index in [4.69, 9.17) is 13.9 Å². The second-order valence-corrected chi connectivity index (χ2v) is 6.94. The standard InChI is InChI=1S/C22H26N2O3/c1-25-21-9-5-8-18-12-19(27-22(18)21)13-23-14-20-16-24(10-11-26-20)15-17-6-3-2-4-7-17/h2-9,12,20,23H,10-11,13-16H2,1H3/t20-/m1/s1. The highest BCUT2D eigenvalue weighted by atomic mass is 16.5. The first-order chi connectivity index (χ1) is 13.3. The van der Waals surface area contributed by atoms with E-state index in [1.807, 2.05) is 18.2 Å². The Hall–Kier alpha value is -2.34. The second kappa shape index (κ2) is 8.57. The number of fused-ring (bicyclic) bond motifs is 1. The van der Waals surface area contributed by atoms with Crippen LogP contribution in [0.2, 0.25) is 0 Å². The molecule has 0 unspecified atom stereocenters. The lowest BCUT2D eigenvalue weighted by Gasteiger charge is -2.33. The molecule has 5 nitrogen and oxygen atoms in total. The first-order valence-electron chi connectivity index (χ1n) is 9.46. The lowest BCUT2D eigenvalue weighted by Crippen LogP contribution is -2.46. The van der Waals surface area contributed by atoms with Crippen molar-refractivity contribution in [1.82, 2.24) is 10.2 Å². The molecule has 1 aliphatic rings. The molecule has 142 valence electrons. The molecule has 1 N–H and O–H groups in total. The van der Waals surface area contributed by atoms with Crippen LogP contribution in [0.5, 0.6) is 5.75 Å². The highest BCUT2D eigenvalue weighted by molar-refractivity contribution is 5.83. The van der Waals surface area contributed by atoms with Gasteiger partial charge in [-0.1, -0.05) is 42.5 Å².